The molecule has 0 aromatic heterocycles. The molecule has 0 spiro atoms. The first kappa shape index (κ1) is 17.1. The molecule has 25 heavy (non-hydrogen) atoms. The van der Waals surface area contributed by atoms with Gasteiger partial charge in [0.2, 0.25) is 0 Å². The van der Waals surface area contributed by atoms with E-state index in [2.05, 4.69) is 35.6 Å². The maximum atomic E-state index is 13.8. The number of hydrogen-bond donors (Lipinski definition) is 2. The van der Waals surface area contributed by atoms with Gasteiger partial charge in [-0.15, -0.1) is 0 Å². The third kappa shape index (κ3) is 4.43. The number of hydrogen-bond acceptors (Lipinski definition) is 1. The van der Waals surface area contributed by atoms with Crippen molar-refractivity contribution in [3.05, 3.63) is 77.6 Å². The summed E-state index contributed by atoms with van der Waals surface area (Å²) in [5.74, 6) is -0.596. The van der Waals surface area contributed by atoms with Crippen molar-refractivity contribution in [2.75, 3.05) is 18.9 Å². The van der Waals surface area contributed by atoms with Crippen LogP contribution in [0.1, 0.15) is 11.1 Å². The molecule has 0 saturated carbocycles. The van der Waals surface area contributed by atoms with E-state index in [1.54, 1.807) is 12.1 Å². The number of fused-ring (bicyclic) bond motifs is 1. The second kappa shape index (κ2) is 7.45. The minimum Gasteiger partial charge on any atom is -0.326 e. The molecule has 0 aliphatic rings. The second-order valence-electron chi connectivity index (χ2n) is 6.52. The number of likely N-dealkylation sites (N-methyl/N-ethyl adjacent to an activating group) is 1. The number of nitrogens with one attached hydrogen (secondary N) is 2. The van der Waals surface area contributed by atoms with Crippen molar-refractivity contribution in [1.29, 1.82) is 0 Å². The van der Waals surface area contributed by atoms with Crippen molar-refractivity contribution in [2.24, 2.45) is 0 Å². The van der Waals surface area contributed by atoms with Gasteiger partial charge in [0.05, 0.1) is 12.7 Å². The lowest BCUT2D eigenvalue weighted by Gasteiger charge is -2.14. The number of quaternary nitrogens is 1. The predicted octanol–water partition coefficient (Wildman–Crippen LogP) is 2.94. The van der Waals surface area contributed by atoms with Gasteiger partial charge in [-0.1, -0.05) is 42.5 Å². The first-order chi connectivity index (χ1) is 12.0. The normalized spacial score (nSPS) is 12.1. The molecule has 0 bridgehead atoms. The van der Waals surface area contributed by atoms with Crippen molar-refractivity contribution in [1.82, 2.24) is 0 Å². The molecule has 0 aliphatic carbocycles. The third-order valence-electron chi connectivity index (χ3n) is 4.18. The van der Waals surface area contributed by atoms with Gasteiger partial charge in [-0.3, -0.25) is 4.79 Å². The topological polar surface area (TPSA) is 33.5 Å². The van der Waals surface area contributed by atoms with Crippen molar-refractivity contribution in [2.45, 2.75) is 13.5 Å². The van der Waals surface area contributed by atoms with Gasteiger partial charge in [-0.25, -0.2) is 4.39 Å². The number of rotatable bonds is 5. The molecule has 3 aromatic carbocycles. The largest absolute Gasteiger partial charge is 0.326 e. The van der Waals surface area contributed by atoms with E-state index < -0.39 is 5.82 Å². The first-order valence-corrected chi connectivity index (χ1v) is 8.36. The molecule has 128 valence electrons. The summed E-state index contributed by atoms with van der Waals surface area (Å²) in [6, 6.07) is 19.3. The van der Waals surface area contributed by atoms with Crippen LogP contribution in [-0.4, -0.2) is 19.5 Å². The summed E-state index contributed by atoms with van der Waals surface area (Å²) >= 11 is 0. The Balaban J connectivity index is 1.60. The predicted molar refractivity (Wildman–Crippen MR) is 99.2 cm³/mol. The zero-order chi connectivity index (χ0) is 17.8. The Labute approximate surface area is 147 Å². The number of halogens is 1. The van der Waals surface area contributed by atoms with E-state index in [1.165, 1.54) is 22.4 Å². The highest BCUT2D eigenvalue weighted by molar-refractivity contribution is 5.91. The molecule has 0 aliphatic heterocycles. The fourth-order valence-electron chi connectivity index (χ4n) is 2.95. The molecule has 0 radical (unpaired) electrons. The maximum absolute atomic E-state index is 13.8. The van der Waals surface area contributed by atoms with Gasteiger partial charge in [0.25, 0.3) is 5.91 Å². The van der Waals surface area contributed by atoms with Crippen LogP contribution >= 0.6 is 0 Å². The van der Waals surface area contributed by atoms with Crippen LogP contribution in [0.25, 0.3) is 10.8 Å². The van der Waals surface area contributed by atoms with Gasteiger partial charge < -0.3 is 10.2 Å². The van der Waals surface area contributed by atoms with Crippen molar-refractivity contribution in [3.8, 4) is 0 Å². The molecule has 0 heterocycles. The molecule has 3 aromatic rings. The Bertz CT molecular complexity index is 907. The zero-order valence-corrected chi connectivity index (χ0v) is 14.5. The molecule has 2 N–H and O–H groups in total. The van der Waals surface area contributed by atoms with Gasteiger partial charge >= 0.3 is 0 Å². The van der Waals surface area contributed by atoms with E-state index in [-0.39, 0.29) is 18.1 Å². The lowest BCUT2D eigenvalue weighted by molar-refractivity contribution is -0.885. The summed E-state index contributed by atoms with van der Waals surface area (Å²) < 4.78 is 13.8. The molecule has 4 heteroatoms. The number of aryl methyl sites for hydroxylation is 1. The van der Waals surface area contributed by atoms with Crippen molar-refractivity contribution in [3.63, 3.8) is 0 Å². The number of carbonyl (C=O) groups is 1. The Morgan fingerprint density at radius 3 is 2.56 bits per heavy atom. The minimum absolute atomic E-state index is 0.193. The Kier molecular flexibility index (Phi) is 5.10. The van der Waals surface area contributed by atoms with E-state index in [0.717, 1.165) is 17.0 Å². The molecule has 1 unspecified atom stereocenters. The molecular formula is C21H22FN2O+. The Morgan fingerprint density at radius 1 is 1.04 bits per heavy atom. The summed E-state index contributed by atoms with van der Waals surface area (Å²) in [5.41, 5.74) is 2.23. The van der Waals surface area contributed by atoms with Gasteiger partial charge in [-0.2, -0.15) is 0 Å². The third-order valence-corrected chi connectivity index (χ3v) is 4.18. The number of amides is 1. The fraction of sp³-hybridized carbons (Fsp3) is 0.190. The summed E-state index contributed by atoms with van der Waals surface area (Å²) in [7, 11) is 1.96. The molecule has 1 amide bonds. The van der Waals surface area contributed by atoms with Crippen LogP contribution in [0.4, 0.5) is 10.1 Å². The van der Waals surface area contributed by atoms with Gasteiger partial charge in [0, 0.05) is 5.56 Å². The fourth-order valence-corrected chi connectivity index (χ4v) is 2.95. The molecule has 1 atom stereocenters. The molecule has 0 fully saturated rings. The monoisotopic (exact) mass is 337 g/mol. The van der Waals surface area contributed by atoms with Crippen LogP contribution in [0.5, 0.6) is 0 Å². The Hall–Kier alpha value is -2.72. The summed E-state index contributed by atoms with van der Waals surface area (Å²) in [6.45, 7) is 2.82. The highest BCUT2D eigenvalue weighted by Crippen LogP contribution is 2.16. The van der Waals surface area contributed by atoms with E-state index >= 15 is 0 Å². The SMILES string of the molecule is Cc1ccc(NC(=O)C[NH+](C)Cc2ccc3ccccc3c2)c(F)c1. The number of benzene rings is 3. The number of carbonyl (C=O) groups excluding carboxylic acids is 1. The highest BCUT2D eigenvalue weighted by Gasteiger charge is 2.13. The molecule has 3 nitrogen and oxygen atoms in total. The van der Waals surface area contributed by atoms with Crippen molar-refractivity contribution >= 4 is 22.4 Å². The van der Waals surface area contributed by atoms with E-state index in [1.807, 2.05) is 26.1 Å². The summed E-state index contributed by atoms with van der Waals surface area (Å²) in [5, 5.41) is 5.05. The molecule has 0 saturated heterocycles. The van der Waals surface area contributed by atoms with Crippen LogP contribution in [-0.2, 0) is 11.3 Å². The van der Waals surface area contributed by atoms with Crippen LogP contribution < -0.4 is 10.2 Å². The average Bonchev–Trinajstić information content (AvgIpc) is 2.57. The first-order valence-electron chi connectivity index (χ1n) is 8.36. The molecule has 3 rings (SSSR count). The molecular weight excluding hydrogens is 315 g/mol. The second-order valence-corrected chi connectivity index (χ2v) is 6.52. The lowest BCUT2D eigenvalue weighted by atomic mass is 10.1. The van der Waals surface area contributed by atoms with E-state index in [9.17, 15) is 9.18 Å². The number of anilines is 1. The minimum atomic E-state index is -0.402. The van der Waals surface area contributed by atoms with Crippen molar-refractivity contribution < 1.29 is 14.1 Å². The average molecular weight is 337 g/mol. The quantitative estimate of drug-likeness (QED) is 0.737. The smallest absolute Gasteiger partial charge is 0.279 e. The van der Waals surface area contributed by atoms with Crippen LogP contribution in [0.15, 0.2) is 60.7 Å². The maximum Gasteiger partial charge on any atom is 0.279 e. The standard InChI is InChI=1S/C21H21FN2O/c1-15-7-10-20(19(22)11-15)23-21(25)14-24(2)13-16-8-9-17-5-3-4-6-18(17)12-16/h3-12H,13-14H2,1-2H3,(H,23,25)/p+1. The van der Waals surface area contributed by atoms with Gasteiger partial charge in [-0.05, 0) is 41.5 Å². The Morgan fingerprint density at radius 2 is 1.80 bits per heavy atom. The zero-order valence-electron chi connectivity index (χ0n) is 14.5. The highest BCUT2D eigenvalue weighted by atomic mass is 19.1. The van der Waals surface area contributed by atoms with Crippen LogP contribution in [0, 0.1) is 12.7 Å². The van der Waals surface area contributed by atoms with Gasteiger partial charge in [0.15, 0.2) is 6.54 Å². The van der Waals surface area contributed by atoms with Gasteiger partial charge in [0.1, 0.15) is 12.4 Å². The summed E-state index contributed by atoms with van der Waals surface area (Å²) in [6.07, 6.45) is 0. The van der Waals surface area contributed by atoms with E-state index in [4.69, 9.17) is 0 Å². The summed E-state index contributed by atoms with van der Waals surface area (Å²) in [4.78, 5) is 13.2. The van der Waals surface area contributed by atoms with E-state index in [0.29, 0.717) is 0 Å². The van der Waals surface area contributed by atoms with Crippen LogP contribution in [0.3, 0.4) is 0 Å². The lowest BCUT2D eigenvalue weighted by Crippen LogP contribution is -3.08. The van der Waals surface area contributed by atoms with Crippen LogP contribution in [0.2, 0.25) is 0 Å².